The second kappa shape index (κ2) is 5.07. The van der Waals surface area contributed by atoms with E-state index < -0.39 is 5.91 Å². The summed E-state index contributed by atoms with van der Waals surface area (Å²) in [5, 5.41) is 10.3. The number of nitrogens with one attached hydrogen (secondary N) is 1. The van der Waals surface area contributed by atoms with Gasteiger partial charge in [-0.25, -0.2) is 4.98 Å². The average Bonchev–Trinajstić information content (AvgIpc) is 2.33. The summed E-state index contributed by atoms with van der Waals surface area (Å²) in [5.41, 5.74) is 0.135. The maximum absolute atomic E-state index is 11.7. The maximum Gasteiger partial charge on any atom is 0.277 e. The first-order valence-corrected chi connectivity index (χ1v) is 5.33. The summed E-state index contributed by atoms with van der Waals surface area (Å²) in [5.74, 6) is -0.175. The molecule has 2 rings (SSSR count). The molecule has 0 atom stereocenters. The van der Waals surface area contributed by atoms with E-state index >= 15 is 0 Å². The number of hydrogen-bond donors (Lipinski definition) is 1. The van der Waals surface area contributed by atoms with Crippen LogP contribution in [0.5, 0.6) is 0 Å². The first kappa shape index (κ1) is 11.8. The van der Waals surface area contributed by atoms with Crippen LogP contribution in [-0.2, 0) is 0 Å². The van der Waals surface area contributed by atoms with Crippen molar-refractivity contribution >= 4 is 34.9 Å². The summed E-state index contributed by atoms with van der Waals surface area (Å²) in [6.07, 6.45) is 1.52. The molecule has 1 N–H and O–H groups in total. The predicted octanol–water partition coefficient (Wildman–Crippen LogP) is 2.43. The Labute approximate surface area is 107 Å². The van der Waals surface area contributed by atoms with E-state index in [9.17, 15) is 4.79 Å². The van der Waals surface area contributed by atoms with Crippen LogP contribution < -0.4 is 5.32 Å². The van der Waals surface area contributed by atoms with Gasteiger partial charge in [0.25, 0.3) is 5.91 Å². The van der Waals surface area contributed by atoms with Gasteiger partial charge >= 0.3 is 0 Å². The van der Waals surface area contributed by atoms with Crippen molar-refractivity contribution in [2.75, 3.05) is 5.32 Å². The lowest BCUT2D eigenvalue weighted by atomic mass is 10.3. The molecule has 0 radical (unpaired) electrons. The number of carbonyl (C=O) groups excluding carboxylic acids is 1. The van der Waals surface area contributed by atoms with Crippen LogP contribution in [0.4, 0.5) is 5.82 Å². The van der Waals surface area contributed by atoms with Gasteiger partial charge in [0.1, 0.15) is 0 Å². The van der Waals surface area contributed by atoms with Crippen molar-refractivity contribution in [3.05, 3.63) is 46.3 Å². The fourth-order valence-corrected chi connectivity index (χ4v) is 1.36. The van der Waals surface area contributed by atoms with Crippen LogP contribution in [0.25, 0.3) is 0 Å². The minimum Gasteiger partial charge on any atom is -0.304 e. The van der Waals surface area contributed by atoms with Gasteiger partial charge in [-0.3, -0.25) is 4.79 Å². The zero-order valence-electron chi connectivity index (χ0n) is 8.39. The molecule has 5 nitrogen and oxygen atoms in total. The molecule has 0 aliphatic heterocycles. The summed E-state index contributed by atoms with van der Waals surface area (Å²) in [6, 6.07) is 6.23. The molecule has 0 fully saturated rings. The van der Waals surface area contributed by atoms with Crippen molar-refractivity contribution in [3.8, 4) is 0 Å². The lowest BCUT2D eigenvalue weighted by Crippen LogP contribution is -2.15. The Balaban J connectivity index is 2.17. The molecule has 1 amide bonds. The van der Waals surface area contributed by atoms with Gasteiger partial charge in [0.05, 0.1) is 5.02 Å². The predicted molar refractivity (Wildman–Crippen MR) is 64.2 cm³/mol. The zero-order valence-corrected chi connectivity index (χ0v) is 9.90. The number of halogens is 2. The van der Waals surface area contributed by atoms with Crippen molar-refractivity contribution in [3.63, 3.8) is 0 Å². The minimum absolute atomic E-state index is 0.135. The standard InChI is InChI=1S/C10H6Cl2N4O/c11-6-2-1-5-13-9(6)14-10(17)7-3-4-8(12)16-15-7/h1-5H,(H,13,14,17). The third-order valence-corrected chi connectivity index (χ3v) is 2.36. The van der Waals surface area contributed by atoms with E-state index in [2.05, 4.69) is 20.5 Å². The quantitative estimate of drug-likeness (QED) is 0.909. The molecular formula is C10H6Cl2N4O. The smallest absolute Gasteiger partial charge is 0.277 e. The highest BCUT2D eigenvalue weighted by Gasteiger charge is 2.10. The van der Waals surface area contributed by atoms with Gasteiger partial charge in [0, 0.05) is 6.20 Å². The summed E-state index contributed by atoms with van der Waals surface area (Å²) in [4.78, 5) is 15.6. The molecule has 0 aliphatic carbocycles. The molecule has 7 heteroatoms. The Bertz CT molecular complexity index is 544. The highest BCUT2D eigenvalue weighted by atomic mass is 35.5. The number of hydrogen-bond acceptors (Lipinski definition) is 4. The molecule has 0 unspecified atom stereocenters. The number of rotatable bonds is 2. The van der Waals surface area contributed by atoms with Crippen LogP contribution in [0, 0.1) is 0 Å². The largest absolute Gasteiger partial charge is 0.304 e. The van der Waals surface area contributed by atoms with Crippen LogP contribution in [0.1, 0.15) is 10.5 Å². The third-order valence-electron chi connectivity index (χ3n) is 1.86. The van der Waals surface area contributed by atoms with E-state index in [4.69, 9.17) is 23.2 Å². The van der Waals surface area contributed by atoms with Crippen molar-refractivity contribution in [1.29, 1.82) is 0 Å². The number of amides is 1. The van der Waals surface area contributed by atoms with Crippen molar-refractivity contribution in [1.82, 2.24) is 15.2 Å². The SMILES string of the molecule is O=C(Nc1ncccc1Cl)c1ccc(Cl)nn1. The Hall–Kier alpha value is -1.72. The summed E-state index contributed by atoms with van der Waals surface area (Å²) >= 11 is 11.4. The van der Waals surface area contributed by atoms with Gasteiger partial charge in [-0.1, -0.05) is 23.2 Å². The van der Waals surface area contributed by atoms with Gasteiger partial charge in [-0.15, -0.1) is 10.2 Å². The number of carbonyl (C=O) groups is 1. The number of aromatic nitrogens is 3. The molecule has 2 aromatic rings. The highest BCUT2D eigenvalue weighted by Crippen LogP contribution is 2.17. The lowest BCUT2D eigenvalue weighted by molar-refractivity contribution is 0.102. The zero-order chi connectivity index (χ0) is 12.3. The van der Waals surface area contributed by atoms with Crippen molar-refractivity contribution < 1.29 is 4.79 Å². The number of pyridine rings is 1. The topological polar surface area (TPSA) is 67.8 Å². The normalized spacial score (nSPS) is 10.0. The summed E-state index contributed by atoms with van der Waals surface area (Å²) in [7, 11) is 0. The van der Waals surface area contributed by atoms with E-state index in [1.165, 1.54) is 18.3 Å². The molecule has 2 heterocycles. The fraction of sp³-hybridized carbons (Fsp3) is 0. The molecule has 0 bridgehead atoms. The lowest BCUT2D eigenvalue weighted by Gasteiger charge is -2.04. The Morgan fingerprint density at radius 1 is 1.18 bits per heavy atom. The van der Waals surface area contributed by atoms with Crippen LogP contribution in [0.2, 0.25) is 10.2 Å². The molecule has 0 saturated carbocycles. The average molecular weight is 269 g/mol. The Morgan fingerprint density at radius 2 is 2.00 bits per heavy atom. The van der Waals surface area contributed by atoms with E-state index in [0.29, 0.717) is 5.02 Å². The van der Waals surface area contributed by atoms with E-state index in [1.807, 2.05) is 0 Å². The molecular weight excluding hydrogens is 263 g/mol. The van der Waals surface area contributed by atoms with Gasteiger partial charge in [0.2, 0.25) is 0 Å². The fourth-order valence-electron chi connectivity index (χ4n) is 1.09. The molecule has 86 valence electrons. The van der Waals surface area contributed by atoms with Crippen LogP contribution >= 0.6 is 23.2 Å². The summed E-state index contributed by atoms with van der Waals surface area (Å²) < 4.78 is 0. The maximum atomic E-state index is 11.7. The molecule has 0 spiro atoms. The van der Waals surface area contributed by atoms with Crippen molar-refractivity contribution in [2.24, 2.45) is 0 Å². The highest BCUT2D eigenvalue weighted by molar-refractivity contribution is 6.33. The number of nitrogens with zero attached hydrogens (tertiary/aromatic N) is 3. The molecule has 2 aromatic heterocycles. The summed E-state index contributed by atoms with van der Waals surface area (Å²) in [6.45, 7) is 0. The van der Waals surface area contributed by atoms with E-state index in [0.717, 1.165) is 0 Å². The van der Waals surface area contributed by atoms with Crippen LogP contribution in [-0.4, -0.2) is 21.1 Å². The molecule has 0 aromatic carbocycles. The second-order valence-electron chi connectivity index (χ2n) is 3.03. The van der Waals surface area contributed by atoms with Crippen molar-refractivity contribution in [2.45, 2.75) is 0 Å². The molecule has 0 saturated heterocycles. The van der Waals surface area contributed by atoms with E-state index in [-0.39, 0.29) is 16.7 Å². The second-order valence-corrected chi connectivity index (χ2v) is 3.82. The number of anilines is 1. The van der Waals surface area contributed by atoms with Gasteiger partial charge < -0.3 is 5.32 Å². The minimum atomic E-state index is -0.449. The Kier molecular flexibility index (Phi) is 3.51. The van der Waals surface area contributed by atoms with Crippen LogP contribution in [0.3, 0.4) is 0 Å². The van der Waals surface area contributed by atoms with Gasteiger partial charge in [-0.2, -0.15) is 0 Å². The van der Waals surface area contributed by atoms with Crippen LogP contribution in [0.15, 0.2) is 30.5 Å². The van der Waals surface area contributed by atoms with Gasteiger partial charge in [0.15, 0.2) is 16.7 Å². The molecule has 17 heavy (non-hydrogen) atoms. The first-order chi connectivity index (χ1) is 8.16. The van der Waals surface area contributed by atoms with E-state index in [1.54, 1.807) is 12.1 Å². The van der Waals surface area contributed by atoms with Gasteiger partial charge in [-0.05, 0) is 24.3 Å². The Morgan fingerprint density at radius 3 is 2.65 bits per heavy atom. The first-order valence-electron chi connectivity index (χ1n) is 4.58. The third kappa shape index (κ3) is 2.89. The molecule has 0 aliphatic rings. The monoisotopic (exact) mass is 268 g/mol.